The Labute approximate surface area is 498 Å². The maximum Gasteiger partial charge on any atom is 0.373 e. The van der Waals surface area contributed by atoms with Gasteiger partial charge in [0.15, 0.2) is 5.16 Å². The number of hydrogen-bond donors (Lipinski definition) is 2. The zero-order chi connectivity index (χ0) is 61.9. The number of methoxy groups -OCH3 is 1. The van der Waals surface area contributed by atoms with Gasteiger partial charge in [0.05, 0.1) is 22.4 Å². The molecule has 0 saturated carbocycles. The molecule has 2 N–H and O–H groups in total. The number of sulfonamides is 1. The van der Waals surface area contributed by atoms with Crippen LogP contribution in [0.5, 0.6) is 5.88 Å². The Morgan fingerprint density at radius 1 is 0.716 bits per heavy atom. The molecule has 0 radical (unpaired) electrons. The van der Waals surface area contributed by atoms with E-state index in [1.165, 1.54) is 80.4 Å². The largest absolute Gasteiger partial charge is 0.481 e. The lowest BCUT2D eigenvalue weighted by Gasteiger charge is -2.33. The molecule has 3 fully saturated rings. The van der Waals surface area contributed by atoms with E-state index in [2.05, 4.69) is 88.2 Å². The summed E-state index contributed by atoms with van der Waals surface area (Å²) in [6.07, 6.45) is 5.88. The molecule has 0 aliphatic carbocycles. The van der Waals surface area contributed by atoms with Crippen molar-refractivity contribution in [3.05, 3.63) is 86.9 Å². The third-order valence-corrected chi connectivity index (χ3v) is 16.0. The summed E-state index contributed by atoms with van der Waals surface area (Å²) in [5.74, 6) is 1.74. The molecule has 2 aromatic heterocycles. The number of carbonyl (C=O) groups excluding carboxylic acids is 5. The number of aryl methyl sites for hydroxylation is 5. The van der Waals surface area contributed by atoms with Crippen LogP contribution in [-0.2, 0) is 29.2 Å². The van der Waals surface area contributed by atoms with Gasteiger partial charge in [-0.1, -0.05) is 75.6 Å². The van der Waals surface area contributed by atoms with Crippen LogP contribution in [0.3, 0.4) is 0 Å². The molecule has 7 rings (SSSR count). The van der Waals surface area contributed by atoms with Crippen LogP contribution in [0.2, 0.25) is 10.0 Å². The Morgan fingerprint density at radius 2 is 1.26 bits per heavy atom. The summed E-state index contributed by atoms with van der Waals surface area (Å²) < 4.78 is 30.5. The van der Waals surface area contributed by atoms with Gasteiger partial charge in [-0.25, -0.2) is 28.2 Å². The molecule has 452 valence electrons. The molecule has 0 unspecified atom stereocenters. The number of likely N-dealkylation sites (tertiary alicyclic amines) is 2. The zero-order valence-corrected chi connectivity index (χ0v) is 54.6. The van der Waals surface area contributed by atoms with Crippen LogP contribution in [0.1, 0.15) is 144 Å². The van der Waals surface area contributed by atoms with Gasteiger partial charge in [-0.15, -0.1) is 0 Å². The predicted molar refractivity (Wildman–Crippen MR) is 330 cm³/mol. The minimum Gasteiger partial charge on any atom is -0.481 e. The fraction of sp³-hybridized carbons (Fsp3) is 0.593. The van der Waals surface area contributed by atoms with Crippen molar-refractivity contribution in [3.8, 4) is 5.88 Å². The summed E-state index contributed by atoms with van der Waals surface area (Å²) in [5, 5.41) is 4.57. The number of ether oxygens (including phenoxy) is 1. The van der Waals surface area contributed by atoms with Gasteiger partial charge >= 0.3 is 12.2 Å². The molecule has 3 aliphatic rings. The number of carbonyl (C=O) groups is 3. The third kappa shape index (κ3) is 28.1. The highest BCUT2D eigenvalue weighted by Crippen LogP contribution is 2.27. The number of benzene rings is 2. The van der Waals surface area contributed by atoms with Crippen LogP contribution in [0.15, 0.2) is 53.7 Å². The number of rotatable bonds is 12. The molecule has 0 bridgehead atoms. The van der Waals surface area contributed by atoms with Crippen molar-refractivity contribution in [3.63, 3.8) is 0 Å². The predicted octanol–water partition coefficient (Wildman–Crippen LogP) is 12.6. The summed E-state index contributed by atoms with van der Waals surface area (Å²) in [6.45, 7) is 41.4. The van der Waals surface area contributed by atoms with E-state index in [0.717, 1.165) is 45.8 Å². The van der Waals surface area contributed by atoms with Crippen molar-refractivity contribution < 1.29 is 37.1 Å². The average molecular weight is 1200 g/mol. The van der Waals surface area contributed by atoms with Crippen molar-refractivity contribution in [2.24, 2.45) is 11.8 Å². The van der Waals surface area contributed by atoms with E-state index in [1.807, 2.05) is 79.7 Å². The van der Waals surface area contributed by atoms with Gasteiger partial charge in [0, 0.05) is 58.1 Å². The van der Waals surface area contributed by atoms with Gasteiger partial charge in [0.2, 0.25) is 21.8 Å². The van der Waals surface area contributed by atoms with Gasteiger partial charge in [0.25, 0.3) is 5.91 Å². The first-order valence-electron chi connectivity index (χ1n) is 27.6. The normalized spacial score (nSPS) is 14.6. The summed E-state index contributed by atoms with van der Waals surface area (Å²) in [6, 6.07) is 15.4. The van der Waals surface area contributed by atoms with Gasteiger partial charge in [-0.2, -0.15) is 14.6 Å². The molecule has 4 amide bonds. The first-order chi connectivity index (χ1) is 37.8. The number of nitrogens with one attached hydrogen (secondary N) is 2. The number of imide groups is 1. The Balaban J connectivity index is 0.000000489. The number of hydrogen-bond acceptors (Lipinski definition) is 15. The SMILES string of the molecule is CC(C)C(=O)Nc1ccc(Cl)c(Cl)c1.CC(C)N1CCCC1.CC1CCN(C(C)C)CC1.COc1cc(NS(=O)(=O)C(C)C)nc(C)n1.Cc1cc(C)nc(SC(C)C)n1.Cc1ccc(N2CC(=O)N(C(C)C)C2=O)cc1C.O=C=O. The van der Waals surface area contributed by atoms with Crippen molar-refractivity contribution >= 4 is 86.2 Å². The first-order valence-corrected chi connectivity index (χ1v) is 30.8. The second-order valence-corrected chi connectivity index (χ2v) is 26.2. The zero-order valence-electron chi connectivity index (χ0n) is 51.4. The summed E-state index contributed by atoms with van der Waals surface area (Å²) in [7, 11) is -1.93. The highest BCUT2D eigenvalue weighted by atomic mass is 35.5. The Morgan fingerprint density at radius 3 is 1.69 bits per heavy atom. The summed E-state index contributed by atoms with van der Waals surface area (Å²) in [5.41, 5.74) is 5.85. The summed E-state index contributed by atoms with van der Waals surface area (Å²) in [4.78, 5) is 76.1. The lowest BCUT2D eigenvalue weighted by Crippen LogP contribution is -2.38. The van der Waals surface area contributed by atoms with E-state index in [4.69, 9.17) is 37.5 Å². The van der Waals surface area contributed by atoms with E-state index >= 15 is 0 Å². The van der Waals surface area contributed by atoms with Crippen molar-refractivity contribution in [2.45, 2.75) is 184 Å². The second kappa shape index (κ2) is 37.1. The number of nitrogens with zero attached hydrogens (tertiary/aromatic N) is 8. The minimum absolute atomic E-state index is 0.0385. The lowest BCUT2D eigenvalue weighted by molar-refractivity contribution is -0.191. The Bertz CT molecular complexity index is 2710. The molecule has 0 atom stereocenters. The molecule has 18 nitrogen and oxygen atoms in total. The monoisotopic (exact) mass is 1200 g/mol. The maximum absolute atomic E-state index is 12.2. The second-order valence-electron chi connectivity index (χ2n) is 21.6. The molecule has 5 heterocycles. The molecule has 0 spiro atoms. The van der Waals surface area contributed by atoms with Crippen LogP contribution in [0.4, 0.5) is 22.0 Å². The molecule has 81 heavy (non-hydrogen) atoms. The molecule has 3 aliphatic heterocycles. The van der Waals surface area contributed by atoms with Crippen LogP contribution in [0.25, 0.3) is 0 Å². The van der Waals surface area contributed by atoms with Gasteiger partial charge in [-0.05, 0) is 195 Å². The number of piperidine rings is 1. The van der Waals surface area contributed by atoms with E-state index < -0.39 is 15.3 Å². The molecule has 2 aromatic carbocycles. The quantitative estimate of drug-likeness (QED) is 0.0766. The van der Waals surface area contributed by atoms with E-state index in [-0.39, 0.29) is 48.3 Å². The topological polar surface area (TPSA) is 217 Å². The van der Waals surface area contributed by atoms with Crippen LogP contribution in [-0.4, -0.2) is 136 Å². The van der Waals surface area contributed by atoms with Crippen molar-refractivity contribution in [1.29, 1.82) is 0 Å². The Hall–Kier alpha value is -5.21. The van der Waals surface area contributed by atoms with E-state index in [0.29, 0.717) is 32.7 Å². The third-order valence-electron chi connectivity index (χ3n) is 12.6. The average Bonchev–Trinajstić information content (AvgIpc) is 4.02. The number of urea groups is 1. The van der Waals surface area contributed by atoms with Crippen molar-refractivity contribution in [2.75, 3.05) is 54.8 Å². The molecule has 22 heteroatoms. The first kappa shape index (κ1) is 73.8. The Kier molecular flexibility index (Phi) is 33.8. The number of aromatic nitrogens is 4. The number of anilines is 3. The molecule has 4 aromatic rings. The summed E-state index contributed by atoms with van der Waals surface area (Å²) >= 11 is 13.2. The van der Waals surface area contributed by atoms with Gasteiger partial charge < -0.3 is 19.9 Å². The van der Waals surface area contributed by atoms with Crippen LogP contribution in [0, 0.1) is 46.5 Å². The van der Waals surface area contributed by atoms with Crippen molar-refractivity contribution in [1.82, 2.24) is 34.6 Å². The molecular weight excluding hydrogens is 1110 g/mol. The number of halogens is 2. The molecule has 3 saturated heterocycles. The van der Waals surface area contributed by atoms with Crippen LogP contribution < -0.4 is 19.7 Å². The fourth-order valence-corrected chi connectivity index (χ4v) is 9.45. The number of thioether (sulfide) groups is 1. The number of amides is 4. The van der Waals surface area contributed by atoms with Gasteiger partial charge in [0.1, 0.15) is 18.2 Å². The minimum atomic E-state index is -3.39. The highest BCUT2D eigenvalue weighted by molar-refractivity contribution is 7.99. The maximum atomic E-state index is 12.2. The van der Waals surface area contributed by atoms with E-state index in [1.54, 1.807) is 50.7 Å². The standard InChI is InChI=1S/C14H18N2O2.C10H11Cl2NO.C9H15N3O3S.C9H14N2S.C9H19N.C7H15N.CO2/c1-9(2)16-13(17)8-15(14(16)18)12-6-5-10(3)11(4)7-12;1-6(2)10(14)13-7-3-4-8(11)9(12)5-7;1-6(2)16(13,14)12-8-5-9(15-4)11-7(3)10-8;1-6(2)12-9-10-7(3)5-8(4)11-9;1-8(2)10-6-4-9(3)5-7-10;1-7(2)8-5-3-4-6-8;2-1-3/h5-7,9H,8H2,1-4H3;3-6H,1-2H3,(H,13,14);5-6H,1-4H3,(H,10,11,12);5-6H,1-4H3;8-9H,4-7H2,1-3H3;7H,3-6H2,1-2H3;. The lowest BCUT2D eigenvalue weighted by atomic mass is 9.98. The van der Waals surface area contributed by atoms with E-state index in [9.17, 15) is 22.8 Å². The fourth-order valence-electron chi connectivity index (χ4n) is 7.70. The smallest absolute Gasteiger partial charge is 0.373 e. The van der Waals surface area contributed by atoms with Crippen LogP contribution >= 0.6 is 35.0 Å². The highest BCUT2D eigenvalue weighted by Gasteiger charge is 2.38. The van der Waals surface area contributed by atoms with Gasteiger partial charge in [-0.3, -0.25) is 24.1 Å². The molecular formula is C59H92Cl2N10O8S2.